The van der Waals surface area contributed by atoms with Crippen molar-refractivity contribution in [3.63, 3.8) is 0 Å². The van der Waals surface area contributed by atoms with E-state index in [1.807, 2.05) is 24.3 Å². The Bertz CT molecular complexity index is 560. The zero-order chi connectivity index (χ0) is 10.8. The van der Waals surface area contributed by atoms with E-state index in [0.717, 1.165) is 10.9 Å². The number of carbonyl (C=O) groups is 1. The number of hydrogen-bond donors (Lipinski definition) is 1. The van der Waals surface area contributed by atoms with E-state index < -0.39 is 5.97 Å². The van der Waals surface area contributed by atoms with Crippen molar-refractivity contribution in [1.82, 2.24) is 4.57 Å². The first-order chi connectivity index (χ1) is 7.24. The third kappa shape index (κ3) is 1.46. The lowest BCUT2D eigenvalue weighted by molar-refractivity contribution is 0.0686. The van der Waals surface area contributed by atoms with E-state index in [1.165, 1.54) is 0 Å². The molecule has 0 saturated heterocycles. The highest BCUT2D eigenvalue weighted by atomic mass is 16.4. The van der Waals surface area contributed by atoms with Crippen molar-refractivity contribution in [2.75, 3.05) is 0 Å². The number of terminal acetylenes is 1. The first-order valence-corrected chi connectivity index (χ1v) is 4.49. The third-order valence-corrected chi connectivity index (χ3v) is 2.28. The van der Waals surface area contributed by atoms with Gasteiger partial charge in [-0.2, -0.15) is 0 Å². The van der Waals surface area contributed by atoms with Gasteiger partial charge in [-0.3, -0.25) is 0 Å². The summed E-state index contributed by atoms with van der Waals surface area (Å²) in [5.74, 6) is 1.50. The number of carboxylic acids is 1. The molecule has 2 rings (SSSR count). The SMILES string of the molecule is C#CCn1c(C(=O)O)cc2ccccc21. The zero-order valence-corrected chi connectivity index (χ0v) is 7.97. The lowest BCUT2D eigenvalue weighted by atomic mass is 10.2. The van der Waals surface area contributed by atoms with Crippen molar-refractivity contribution < 1.29 is 9.90 Å². The van der Waals surface area contributed by atoms with Crippen molar-refractivity contribution in [1.29, 1.82) is 0 Å². The van der Waals surface area contributed by atoms with Gasteiger partial charge in [-0.1, -0.05) is 24.1 Å². The highest BCUT2D eigenvalue weighted by molar-refractivity contribution is 5.94. The van der Waals surface area contributed by atoms with E-state index in [-0.39, 0.29) is 12.2 Å². The van der Waals surface area contributed by atoms with Crippen molar-refractivity contribution in [2.24, 2.45) is 0 Å². The van der Waals surface area contributed by atoms with Crippen LogP contribution in [0.25, 0.3) is 10.9 Å². The lowest BCUT2D eigenvalue weighted by Gasteiger charge is -2.02. The van der Waals surface area contributed by atoms with Crippen LogP contribution in [-0.4, -0.2) is 15.6 Å². The van der Waals surface area contributed by atoms with Crippen LogP contribution in [0.2, 0.25) is 0 Å². The molecule has 74 valence electrons. The predicted octanol–water partition coefficient (Wildman–Crippen LogP) is 1.97. The second-order valence-corrected chi connectivity index (χ2v) is 3.18. The standard InChI is InChI=1S/C12H9NO2/c1-2-7-13-10-6-4-3-5-9(10)8-11(13)12(14)15/h1,3-6,8H,7H2,(H,14,15). The van der Waals surface area contributed by atoms with Crippen LogP contribution in [0.4, 0.5) is 0 Å². The van der Waals surface area contributed by atoms with Crippen molar-refractivity contribution in [3.8, 4) is 12.3 Å². The molecule has 1 heterocycles. The average molecular weight is 199 g/mol. The van der Waals surface area contributed by atoms with Gasteiger partial charge in [0.05, 0.1) is 6.54 Å². The van der Waals surface area contributed by atoms with Crippen LogP contribution in [0.15, 0.2) is 30.3 Å². The summed E-state index contributed by atoms with van der Waals surface area (Å²) >= 11 is 0. The molecule has 0 fully saturated rings. The highest BCUT2D eigenvalue weighted by Gasteiger charge is 2.12. The Morgan fingerprint density at radius 1 is 1.47 bits per heavy atom. The van der Waals surface area contributed by atoms with Crippen LogP contribution in [0.5, 0.6) is 0 Å². The molecular formula is C12H9NO2. The summed E-state index contributed by atoms with van der Waals surface area (Å²) < 4.78 is 1.62. The number of aromatic carboxylic acids is 1. The van der Waals surface area contributed by atoms with Crippen LogP contribution in [0, 0.1) is 12.3 Å². The lowest BCUT2D eigenvalue weighted by Crippen LogP contribution is -2.07. The van der Waals surface area contributed by atoms with Gasteiger partial charge in [-0.05, 0) is 12.1 Å². The maximum atomic E-state index is 11.0. The Kier molecular flexibility index (Phi) is 2.18. The molecule has 0 radical (unpaired) electrons. The summed E-state index contributed by atoms with van der Waals surface area (Å²) in [5, 5.41) is 9.90. The number of benzene rings is 1. The molecular weight excluding hydrogens is 190 g/mol. The molecule has 3 heteroatoms. The highest BCUT2D eigenvalue weighted by Crippen LogP contribution is 2.19. The molecule has 1 aromatic carbocycles. The number of carboxylic acid groups (broad SMARTS) is 1. The largest absolute Gasteiger partial charge is 0.477 e. The molecule has 0 aliphatic rings. The summed E-state index contributed by atoms with van der Waals surface area (Å²) in [6, 6.07) is 9.10. The minimum Gasteiger partial charge on any atom is -0.477 e. The molecule has 0 aliphatic carbocycles. The minimum atomic E-state index is -0.957. The quantitative estimate of drug-likeness (QED) is 0.751. The van der Waals surface area contributed by atoms with Crippen LogP contribution in [-0.2, 0) is 6.54 Å². The molecule has 1 N–H and O–H groups in total. The molecule has 2 aromatic rings. The molecule has 0 aliphatic heterocycles. The first-order valence-electron chi connectivity index (χ1n) is 4.49. The molecule has 0 bridgehead atoms. The molecule has 0 unspecified atom stereocenters. The molecule has 0 saturated carbocycles. The Hall–Kier alpha value is -2.21. The molecule has 15 heavy (non-hydrogen) atoms. The number of hydrogen-bond acceptors (Lipinski definition) is 1. The normalized spacial score (nSPS) is 10.1. The summed E-state index contributed by atoms with van der Waals surface area (Å²) in [6.07, 6.45) is 5.22. The van der Waals surface area contributed by atoms with E-state index in [9.17, 15) is 4.79 Å². The maximum Gasteiger partial charge on any atom is 0.352 e. The summed E-state index contributed by atoms with van der Waals surface area (Å²) in [5.41, 5.74) is 1.09. The molecule has 0 spiro atoms. The van der Waals surface area contributed by atoms with Gasteiger partial charge in [0.2, 0.25) is 0 Å². The van der Waals surface area contributed by atoms with Crippen molar-refractivity contribution in [3.05, 3.63) is 36.0 Å². The minimum absolute atomic E-state index is 0.231. The topological polar surface area (TPSA) is 42.2 Å². The Labute approximate surface area is 86.9 Å². The molecule has 0 atom stereocenters. The van der Waals surface area contributed by atoms with Gasteiger partial charge in [0, 0.05) is 10.9 Å². The van der Waals surface area contributed by atoms with Gasteiger partial charge < -0.3 is 9.67 Å². The Balaban J connectivity index is 2.75. The number of rotatable bonds is 2. The van der Waals surface area contributed by atoms with E-state index in [1.54, 1.807) is 10.6 Å². The van der Waals surface area contributed by atoms with Crippen molar-refractivity contribution in [2.45, 2.75) is 6.54 Å². The van der Waals surface area contributed by atoms with Gasteiger partial charge in [-0.15, -0.1) is 6.42 Å². The fourth-order valence-electron chi connectivity index (χ4n) is 1.65. The molecule has 3 nitrogen and oxygen atoms in total. The summed E-state index contributed by atoms with van der Waals surface area (Å²) in [7, 11) is 0. The number of para-hydroxylation sites is 1. The predicted molar refractivity (Wildman–Crippen MR) is 57.7 cm³/mol. The first kappa shape index (κ1) is 9.35. The van der Waals surface area contributed by atoms with Gasteiger partial charge in [0.1, 0.15) is 5.69 Å². The maximum absolute atomic E-state index is 11.0. The fourth-order valence-corrected chi connectivity index (χ4v) is 1.65. The number of nitrogens with zero attached hydrogens (tertiary/aromatic N) is 1. The summed E-state index contributed by atoms with van der Waals surface area (Å²) in [4.78, 5) is 11.0. The van der Waals surface area contributed by atoms with E-state index in [0.29, 0.717) is 0 Å². The van der Waals surface area contributed by atoms with Gasteiger partial charge in [0.25, 0.3) is 0 Å². The zero-order valence-electron chi connectivity index (χ0n) is 7.97. The number of aromatic nitrogens is 1. The van der Waals surface area contributed by atoms with Crippen LogP contribution >= 0.6 is 0 Å². The Morgan fingerprint density at radius 2 is 2.20 bits per heavy atom. The van der Waals surface area contributed by atoms with Crippen LogP contribution in [0.1, 0.15) is 10.5 Å². The Morgan fingerprint density at radius 3 is 2.87 bits per heavy atom. The molecule has 1 aromatic heterocycles. The van der Waals surface area contributed by atoms with E-state index in [2.05, 4.69) is 5.92 Å². The monoisotopic (exact) mass is 199 g/mol. The number of fused-ring (bicyclic) bond motifs is 1. The van der Waals surface area contributed by atoms with E-state index >= 15 is 0 Å². The smallest absolute Gasteiger partial charge is 0.352 e. The van der Waals surface area contributed by atoms with Crippen LogP contribution < -0.4 is 0 Å². The average Bonchev–Trinajstić information content (AvgIpc) is 2.58. The van der Waals surface area contributed by atoms with Gasteiger partial charge in [-0.25, -0.2) is 4.79 Å². The summed E-state index contributed by atoms with van der Waals surface area (Å²) in [6.45, 7) is 0.273. The fraction of sp³-hybridized carbons (Fsp3) is 0.0833. The molecule has 0 amide bonds. The van der Waals surface area contributed by atoms with Crippen LogP contribution in [0.3, 0.4) is 0 Å². The van der Waals surface area contributed by atoms with E-state index in [4.69, 9.17) is 11.5 Å². The second kappa shape index (κ2) is 3.50. The van der Waals surface area contributed by atoms with Crippen molar-refractivity contribution >= 4 is 16.9 Å². The van der Waals surface area contributed by atoms with Gasteiger partial charge in [0.15, 0.2) is 0 Å². The van der Waals surface area contributed by atoms with Gasteiger partial charge >= 0.3 is 5.97 Å². The third-order valence-electron chi connectivity index (χ3n) is 2.28. The second-order valence-electron chi connectivity index (χ2n) is 3.18.